The Balaban J connectivity index is 1.77. The fourth-order valence-corrected chi connectivity index (χ4v) is 3.09. The van der Waals surface area contributed by atoms with Gasteiger partial charge in [-0.2, -0.15) is 5.10 Å². The Morgan fingerprint density at radius 2 is 2.17 bits per heavy atom. The van der Waals surface area contributed by atoms with Crippen LogP contribution >= 0.6 is 0 Å². The lowest BCUT2D eigenvalue weighted by molar-refractivity contribution is -0.142. The third kappa shape index (κ3) is 2.96. The first-order valence-corrected chi connectivity index (χ1v) is 7.55. The van der Waals surface area contributed by atoms with Crippen LogP contribution < -0.4 is 0 Å². The van der Waals surface area contributed by atoms with E-state index < -0.39 is 17.9 Å². The molecule has 0 aliphatic carbocycles. The molecule has 0 radical (unpaired) electrons. The number of aryl methyl sites for hydroxylation is 2. The quantitative estimate of drug-likeness (QED) is 0.845. The SMILES string of the molecule is Cn1ccnc1C1C(C(=O)O)CC(=O)N1CCCn1cccn1. The number of carbonyl (C=O) groups excluding carboxylic acids is 1. The van der Waals surface area contributed by atoms with Crippen molar-refractivity contribution in [2.45, 2.75) is 25.4 Å². The molecular weight excluding hydrogens is 298 g/mol. The van der Waals surface area contributed by atoms with Crippen molar-refractivity contribution in [2.24, 2.45) is 13.0 Å². The average Bonchev–Trinajstić information content (AvgIpc) is 3.21. The maximum atomic E-state index is 12.3. The molecule has 2 atom stereocenters. The highest BCUT2D eigenvalue weighted by Crippen LogP contribution is 2.37. The van der Waals surface area contributed by atoms with Crippen molar-refractivity contribution < 1.29 is 14.7 Å². The first-order valence-electron chi connectivity index (χ1n) is 7.55. The fourth-order valence-electron chi connectivity index (χ4n) is 3.09. The molecule has 0 bridgehead atoms. The molecule has 2 unspecified atom stereocenters. The van der Waals surface area contributed by atoms with Gasteiger partial charge >= 0.3 is 5.97 Å². The van der Waals surface area contributed by atoms with E-state index in [9.17, 15) is 14.7 Å². The lowest BCUT2D eigenvalue weighted by Gasteiger charge is -2.26. The summed E-state index contributed by atoms with van der Waals surface area (Å²) >= 11 is 0. The minimum absolute atomic E-state index is 0.0225. The lowest BCUT2D eigenvalue weighted by atomic mass is 10.00. The zero-order chi connectivity index (χ0) is 16.4. The Labute approximate surface area is 133 Å². The van der Waals surface area contributed by atoms with E-state index in [0.29, 0.717) is 25.3 Å². The van der Waals surface area contributed by atoms with Gasteiger partial charge in [0.25, 0.3) is 0 Å². The van der Waals surface area contributed by atoms with Crippen molar-refractivity contribution in [3.8, 4) is 0 Å². The molecule has 0 aromatic carbocycles. The summed E-state index contributed by atoms with van der Waals surface area (Å²) in [4.78, 5) is 29.7. The summed E-state index contributed by atoms with van der Waals surface area (Å²) in [6.45, 7) is 1.17. The van der Waals surface area contributed by atoms with Gasteiger partial charge in [-0.25, -0.2) is 4.98 Å². The van der Waals surface area contributed by atoms with E-state index in [1.807, 2.05) is 19.3 Å². The maximum absolute atomic E-state index is 12.3. The molecule has 0 saturated carbocycles. The number of imidazole rings is 1. The molecule has 23 heavy (non-hydrogen) atoms. The number of hydrogen-bond donors (Lipinski definition) is 1. The van der Waals surface area contributed by atoms with Crippen molar-refractivity contribution in [1.82, 2.24) is 24.2 Å². The van der Waals surface area contributed by atoms with E-state index in [2.05, 4.69) is 10.1 Å². The molecule has 0 spiro atoms. The molecule has 1 amide bonds. The Hall–Kier alpha value is -2.64. The number of aromatic nitrogens is 4. The second kappa shape index (κ2) is 6.23. The van der Waals surface area contributed by atoms with E-state index in [4.69, 9.17) is 0 Å². The number of rotatable bonds is 6. The zero-order valence-corrected chi connectivity index (χ0v) is 12.9. The number of carbonyl (C=O) groups is 2. The third-order valence-corrected chi connectivity index (χ3v) is 4.22. The summed E-state index contributed by atoms with van der Waals surface area (Å²) in [5.74, 6) is -1.23. The molecule has 3 heterocycles. The third-order valence-electron chi connectivity index (χ3n) is 4.22. The van der Waals surface area contributed by atoms with E-state index in [-0.39, 0.29) is 12.3 Å². The summed E-state index contributed by atoms with van der Waals surface area (Å²) in [5.41, 5.74) is 0. The molecule has 1 fully saturated rings. The van der Waals surface area contributed by atoms with Gasteiger partial charge in [-0.3, -0.25) is 14.3 Å². The van der Waals surface area contributed by atoms with Gasteiger partial charge in [-0.1, -0.05) is 0 Å². The van der Waals surface area contributed by atoms with Gasteiger partial charge in [0.05, 0.1) is 5.92 Å². The normalized spacial score (nSPS) is 21.1. The standard InChI is InChI=1S/C15H19N5O3/c1-18-9-5-16-14(18)13-11(15(22)23)10-12(21)20(13)8-3-7-19-6-2-4-17-19/h2,4-6,9,11,13H,3,7-8,10H2,1H3,(H,22,23). The molecule has 2 aromatic heterocycles. The van der Waals surface area contributed by atoms with Crippen LogP contribution in [0.25, 0.3) is 0 Å². The van der Waals surface area contributed by atoms with Crippen LogP contribution in [0.15, 0.2) is 30.9 Å². The van der Waals surface area contributed by atoms with Gasteiger partial charge in [0.15, 0.2) is 0 Å². The Morgan fingerprint density at radius 1 is 1.35 bits per heavy atom. The van der Waals surface area contributed by atoms with E-state index in [1.165, 1.54) is 0 Å². The second-order valence-electron chi connectivity index (χ2n) is 5.70. The molecule has 8 heteroatoms. The molecule has 2 aromatic rings. The number of carboxylic acids is 1. The van der Waals surface area contributed by atoms with Crippen molar-refractivity contribution in [1.29, 1.82) is 0 Å². The van der Waals surface area contributed by atoms with Gasteiger partial charge < -0.3 is 14.6 Å². The number of amides is 1. The molecular formula is C15H19N5O3. The highest BCUT2D eigenvalue weighted by Gasteiger charge is 2.46. The second-order valence-corrected chi connectivity index (χ2v) is 5.70. The summed E-state index contributed by atoms with van der Waals surface area (Å²) in [7, 11) is 1.81. The van der Waals surface area contributed by atoms with Gasteiger partial charge in [0, 0.05) is 51.3 Å². The van der Waals surface area contributed by atoms with Crippen molar-refractivity contribution >= 4 is 11.9 Å². The number of carboxylic acid groups (broad SMARTS) is 1. The predicted octanol–water partition coefficient (Wildman–Crippen LogP) is 0.681. The van der Waals surface area contributed by atoms with Crippen LogP contribution in [0.5, 0.6) is 0 Å². The number of nitrogens with zero attached hydrogens (tertiary/aromatic N) is 5. The summed E-state index contributed by atoms with van der Waals surface area (Å²) in [6.07, 6.45) is 7.69. The monoisotopic (exact) mass is 317 g/mol. The van der Waals surface area contributed by atoms with Gasteiger partial charge in [-0.05, 0) is 12.5 Å². The van der Waals surface area contributed by atoms with Crippen molar-refractivity contribution in [3.63, 3.8) is 0 Å². The highest BCUT2D eigenvalue weighted by atomic mass is 16.4. The highest BCUT2D eigenvalue weighted by molar-refractivity contribution is 5.87. The molecule has 1 aliphatic heterocycles. The first kappa shape index (κ1) is 15.3. The van der Waals surface area contributed by atoms with Crippen LogP contribution in [0.4, 0.5) is 0 Å². The number of aliphatic carboxylic acids is 1. The maximum Gasteiger partial charge on any atom is 0.309 e. The smallest absolute Gasteiger partial charge is 0.309 e. The Kier molecular flexibility index (Phi) is 4.14. The van der Waals surface area contributed by atoms with Crippen LogP contribution in [0, 0.1) is 5.92 Å². The minimum atomic E-state index is -0.957. The van der Waals surface area contributed by atoms with Crippen LogP contribution in [0.1, 0.15) is 24.7 Å². The van der Waals surface area contributed by atoms with Gasteiger partial charge in [-0.15, -0.1) is 0 Å². The van der Waals surface area contributed by atoms with E-state index in [0.717, 1.165) is 0 Å². The Morgan fingerprint density at radius 3 is 2.78 bits per heavy atom. The van der Waals surface area contributed by atoms with Crippen LogP contribution in [0.2, 0.25) is 0 Å². The topological polar surface area (TPSA) is 93.2 Å². The van der Waals surface area contributed by atoms with Crippen LogP contribution in [0.3, 0.4) is 0 Å². The Bertz CT molecular complexity index is 694. The number of likely N-dealkylation sites (tertiary alicyclic amines) is 1. The lowest BCUT2D eigenvalue weighted by Crippen LogP contribution is -2.33. The molecule has 1 aliphatic rings. The zero-order valence-electron chi connectivity index (χ0n) is 12.9. The van der Waals surface area contributed by atoms with Crippen LogP contribution in [-0.2, 0) is 23.2 Å². The van der Waals surface area contributed by atoms with E-state index in [1.54, 1.807) is 32.7 Å². The number of hydrogen-bond acceptors (Lipinski definition) is 4. The minimum Gasteiger partial charge on any atom is -0.481 e. The average molecular weight is 317 g/mol. The first-order chi connectivity index (χ1) is 11.1. The predicted molar refractivity (Wildman–Crippen MR) is 80.2 cm³/mol. The summed E-state index contributed by atoms with van der Waals surface area (Å²) < 4.78 is 3.57. The molecule has 122 valence electrons. The summed E-state index contributed by atoms with van der Waals surface area (Å²) in [5, 5.41) is 13.6. The molecule has 8 nitrogen and oxygen atoms in total. The van der Waals surface area contributed by atoms with Crippen molar-refractivity contribution in [2.75, 3.05) is 6.54 Å². The molecule has 1 N–H and O–H groups in total. The molecule has 3 rings (SSSR count). The van der Waals surface area contributed by atoms with E-state index >= 15 is 0 Å². The van der Waals surface area contributed by atoms with Gasteiger partial charge in [0.2, 0.25) is 5.91 Å². The molecule has 1 saturated heterocycles. The fraction of sp³-hybridized carbons (Fsp3) is 0.467. The van der Waals surface area contributed by atoms with Crippen LogP contribution in [-0.4, -0.2) is 47.8 Å². The van der Waals surface area contributed by atoms with Gasteiger partial charge in [0.1, 0.15) is 11.9 Å². The largest absolute Gasteiger partial charge is 0.481 e. The van der Waals surface area contributed by atoms with Crippen molar-refractivity contribution in [3.05, 3.63) is 36.7 Å². The summed E-state index contributed by atoms with van der Waals surface area (Å²) in [6, 6.07) is 1.33.